The van der Waals surface area contributed by atoms with Gasteiger partial charge < -0.3 is 5.32 Å². The molecule has 2 nitrogen and oxygen atoms in total. The monoisotopic (exact) mass is 317 g/mol. The number of carbonyl (C=O) groups is 1. The van der Waals surface area contributed by atoms with Crippen LogP contribution in [0.15, 0.2) is 46.9 Å². The first kappa shape index (κ1) is 11.6. The van der Waals surface area contributed by atoms with Crippen molar-refractivity contribution in [3.8, 4) is 11.1 Å². The fourth-order valence-corrected chi connectivity index (χ4v) is 2.62. The lowest BCUT2D eigenvalue weighted by molar-refractivity contribution is 0.0984. The average Bonchev–Trinajstić information content (AvgIpc) is 2.66. The summed E-state index contributed by atoms with van der Waals surface area (Å²) in [4.78, 5) is 12.4. The molecule has 2 aromatic rings. The summed E-state index contributed by atoms with van der Waals surface area (Å²) in [6, 6.07) is 13.6. The summed E-state index contributed by atoms with van der Waals surface area (Å²) >= 11 is 8.54. The highest BCUT2D eigenvalue weighted by molar-refractivity contribution is 9.10. The first-order valence-corrected chi connectivity index (χ1v) is 6.61. The Bertz CT molecular complexity index is 664. The van der Waals surface area contributed by atoms with E-state index >= 15 is 0 Å². The predicted molar refractivity (Wildman–Crippen MR) is 78.7 cm³/mol. The molecule has 0 saturated carbocycles. The van der Waals surface area contributed by atoms with Crippen molar-refractivity contribution >= 4 is 39.0 Å². The van der Waals surface area contributed by atoms with Gasteiger partial charge >= 0.3 is 0 Å². The van der Waals surface area contributed by atoms with Crippen LogP contribution in [0.3, 0.4) is 0 Å². The van der Waals surface area contributed by atoms with Crippen LogP contribution in [0.1, 0.15) is 15.9 Å². The third-order valence-corrected chi connectivity index (χ3v) is 3.77. The Balaban J connectivity index is 2.23. The summed E-state index contributed by atoms with van der Waals surface area (Å²) in [7, 11) is 0. The molecule has 0 aliphatic carbocycles. The van der Waals surface area contributed by atoms with Crippen LogP contribution < -0.4 is 5.32 Å². The molecule has 0 bridgehead atoms. The van der Waals surface area contributed by atoms with Crippen molar-refractivity contribution in [3.05, 3.63) is 58.1 Å². The molecule has 0 radical (unpaired) electrons. The van der Waals surface area contributed by atoms with Gasteiger partial charge in [-0.05, 0) is 23.3 Å². The van der Waals surface area contributed by atoms with E-state index in [-0.39, 0.29) is 5.91 Å². The maximum absolute atomic E-state index is 11.9. The van der Waals surface area contributed by atoms with E-state index in [2.05, 4.69) is 21.2 Å². The quantitative estimate of drug-likeness (QED) is 0.815. The van der Waals surface area contributed by atoms with E-state index < -0.39 is 0 Å². The van der Waals surface area contributed by atoms with Gasteiger partial charge in [0.05, 0.1) is 5.56 Å². The highest BCUT2D eigenvalue weighted by atomic mass is 79.9. The highest BCUT2D eigenvalue weighted by Crippen LogP contribution is 2.30. The fourth-order valence-electron chi connectivity index (χ4n) is 2.09. The number of hydrogen-bond donors (Lipinski definition) is 1. The minimum absolute atomic E-state index is 0.117. The molecule has 2 aromatic carbocycles. The van der Waals surface area contributed by atoms with Crippen LogP contribution in [0.2, 0.25) is 0 Å². The van der Waals surface area contributed by atoms with Gasteiger partial charge in [-0.1, -0.05) is 58.5 Å². The van der Waals surface area contributed by atoms with Gasteiger partial charge in [0.1, 0.15) is 4.99 Å². The van der Waals surface area contributed by atoms with E-state index in [9.17, 15) is 4.79 Å². The number of amides is 1. The first-order chi connectivity index (χ1) is 8.66. The van der Waals surface area contributed by atoms with Gasteiger partial charge in [-0.15, -0.1) is 0 Å². The van der Waals surface area contributed by atoms with Crippen LogP contribution in [0.25, 0.3) is 11.1 Å². The Morgan fingerprint density at radius 3 is 2.39 bits per heavy atom. The minimum Gasteiger partial charge on any atom is -0.312 e. The maximum atomic E-state index is 11.9. The highest BCUT2D eigenvalue weighted by Gasteiger charge is 2.26. The minimum atomic E-state index is -0.117. The summed E-state index contributed by atoms with van der Waals surface area (Å²) in [5, 5.41) is 2.69. The lowest BCUT2D eigenvalue weighted by atomic mass is 9.97. The SMILES string of the molecule is O=C1NC(=S)c2cccc(-c3ccc(Br)cc3)c21. The first-order valence-electron chi connectivity index (χ1n) is 5.41. The lowest BCUT2D eigenvalue weighted by Crippen LogP contribution is -2.19. The van der Waals surface area contributed by atoms with Crippen molar-refractivity contribution in [1.82, 2.24) is 5.32 Å². The van der Waals surface area contributed by atoms with Gasteiger partial charge in [-0.3, -0.25) is 4.79 Å². The van der Waals surface area contributed by atoms with E-state index in [4.69, 9.17) is 12.2 Å². The number of rotatable bonds is 1. The molecule has 1 amide bonds. The summed E-state index contributed by atoms with van der Waals surface area (Å²) in [6.07, 6.45) is 0. The zero-order valence-electron chi connectivity index (χ0n) is 9.24. The molecule has 3 rings (SSSR count). The van der Waals surface area contributed by atoms with Crippen molar-refractivity contribution in [2.75, 3.05) is 0 Å². The van der Waals surface area contributed by atoms with Crippen LogP contribution in [-0.4, -0.2) is 10.9 Å². The number of thiocarbonyl (C=S) groups is 1. The molecule has 88 valence electrons. The third kappa shape index (κ3) is 1.78. The van der Waals surface area contributed by atoms with Crippen LogP contribution in [0.4, 0.5) is 0 Å². The molecular weight excluding hydrogens is 310 g/mol. The maximum Gasteiger partial charge on any atom is 0.257 e. The zero-order valence-corrected chi connectivity index (χ0v) is 11.6. The smallest absolute Gasteiger partial charge is 0.257 e. The van der Waals surface area contributed by atoms with E-state index in [1.807, 2.05) is 42.5 Å². The number of fused-ring (bicyclic) bond motifs is 1. The van der Waals surface area contributed by atoms with Gasteiger partial charge in [0.2, 0.25) is 0 Å². The van der Waals surface area contributed by atoms with Crippen LogP contribution in [0, 0.1) is 0 Å². The summed E-state index contributed by atoms with van der Waals surface area (Å²) in [5.74, 6) is -0.117. The normalized spacial score (nSPS) is 13.4. The number of halogens is 1. The van der Waals surface area contributed by atoms with E-state index in [1.54, 1.807) is 0 Å². The Kier molecular flexibility index (Phi) is 2.76. The summed E-state index contributed by atoms with van der Waals surface area (Å²) in [5.41, 5.74) is 3.41. The Morgan fingerprint density at radius 2 is 1.67 bits per heavy atom. The predicted octanol–water partition coefficient (Wildman–Crippen LogP) is 3.54. The molecule has 0 fully saturated rings. The molecular formula is C14H8BrNOS. The molecule has 1 aliphatic rings. The summed E-state index contributed by atoms with van der Waals surface area (Å²) < 4.78 is 1.01. The summed E-state index contributed by atoms with van der Waals surface area (Å²) in [6.45, 7) is 0. The van der Waals surface area contributed by atoms with Crippen molar-refractivity contribution < 1.29 is 4.79 Å². The van der Waals surface area contributed by atoms with Crippen molar-refractivity contribution in [2.24, 2.45) is 0 Å². The largest absolute Gasteiger partial charge is 0.312 e. The lowest BCUT2D eigenvalue weighted by Gasteiger charge is -2.06. The molecule has 0 unspecified atom stereocenters. The fraction of sp³-hybridized carbons (Fsp3) is 0. The molecule has 1 heterocycles. The van der Waals surface area contributed by atoms with Crippen LogP contribution >= 0.6 is 28.1 Å². The molecule has 0 aromatic heterocycles. The topological polar surface area (TPSA) is 29.1 Å². The third-order valence-electron chi connectivity index (χ3n) is 2.92. The second-order valence-corrected chi connectivity index (χ2v) is 5.34. The van der Waals surface area contributed by atoms with E-state index in [0.29, 0.717) is 10.6 Å². The van der Waals surface area contributed by atoms with Crippen molar-refractivity contribution in [3.63, 3.8) is 0 Å². The Morgan fingerprint density at radius 1 is 1.00 bits per heavy atom. The van der Waals surface area contributed by atoms with Gasteiger partial charge in [0.25, 0.3) is 5.91 Å². The average molecular weight is 318 g/mol. The molecule has 1 aliphatic heterocycles. The number of nitrogens with one attached hydrogen (secondary N) is 1. The molecule has 0 spiro atoms. The number of benzene rings is 2. The zero-order chi connectivity index (χ0) is 12.7. The molecule has 18 heavy (non-hydrogen) atoms. The van der Waals surface area contributed by atoms with E-state index in [1.165, 1.54) is 0 Å². The van der Waals surface area contributed by atoms with Gasteiger partial charge in [-0.25, -0.2) is 0 Å². The van der Waals surface area contributed by atoms with Gasteiger partial charge in [-0.2, -0.15) is 0 Å². The van der Waals surface area contributed by atoms with Gasteiger partial charge in [0.15, 0.2) is 0 Å². The number of hydrogen-bond acceptors (Lipinski definition) is 2. The van der Waals surface area contributed by atoms with Gasteiger partial charge in [0, 0.05) is 10.0 Å². The molecule has 1 N–H and O–H groups in total. The second kappa shape index (κ2) is 4.30. The van der Waals surface area contributed by atoms with Crippen LogP contribution in [-0.2, 0) is 0 Å². The van der Waals surface area contributed by atoms with Crippen LogP contribution in [0.5, 0.6) is 0 Å². The molecule has 0 atom stereocenters. The van der Waals surface area contributed by atoms with E-state index in [0.717, 1.165) is 21.2 Å². The van der Waals surface area contributed by atoms with Crippen molar-refractivity contribution in [2.45, 2.75) is 0 Å². The molecule has 0 saturated heterocycles. The Labute approximate surface area is 118 Å². The second-order valence-electron chi connectivity index (χ2n) is 4.02. The molecule has 4 heteroatoms. The van der Waals surface area contributed by atoms with Crippen molar-refractivity contribution in [1.29, 1.82) is 0 Å². The number of carbonyl (C=O) groups excluding carboxylic acids is 1. The standard InChI is InChI=1S/C14H8BrNOS/c15-9-6-4-8(5-7-9)10-2-1-3-11-12(10)13(17)16-14(11)18/h1-7H,(H,16,17,18). The Hall–Kier alpha value is -1.52.